The van der Waals surface area contributed by atoms with Crippen molar-refractivity contribution < 1.29 is 4.74 Å². The van der Waals surface area contributed by atoms with Crippen molar-refractivity contribution in [2.24, 2.45) is 0 Å². The Hall–Kier alpha value is -1.46. The van der Waals surface area contributed by atoms with Crippen LogP contribution in [0.2, 0.25) is 0 Å². The third-order valence-corrected chi connectivity index (χ3v) is 5.29. The molecule has 22 heavy (non-hydrogen) atoms. The molecule has 0 saturated heterocycles. The van der Waals surface area contributed by atoms with Crippen LogP contribution in [0.5, 0.6) is 5.75 Å². The van der Waals surface area contributed by atoms with Crippen molar-refractivity contribution in [1.29, 1.82) is 0 Å². The topological polar surface area (TPSA) is 35.0 Å². The fourth-order valence-corrected chi connectivity index (χ4v) is 3.88. The largest absolute Gasteiger partial charge is 0.495 e. The molecule has 0 fully saturated rings. The van der Waals surface area contributed by atoms with Gasteiger partial charge in [0.2, 0.25) is 0 Å². The lowest BCUT2D eigenvalue weighted by Gasteiger charge is -2.09. The van der Waals surface area contributed by atoms with E-state index in [9.17, 15) is 0 Å². The summed E-state index contributed by atoms with van der Waals surface area (Å²) in [6.45, 7) is 6.40. The number of rotatable bonds is 3. The van der Waals surface area contributed by atoms with Gasteiger partial charge in [-0.1, -0.05) is 13.8 Å². The molecule has 0 bridgehead atoms. The Labute approximate surface area is 142 Å². The smallest absolute Gasteiger partial charge is 0.142 e. The zero-order valence-electron chi connectivity index (χ0n) is 13.0. The molecule has 0 radical (unpaired) electrons. The summed E-state index contributed by atoms with van der Waals surface area (Å²) >= 11 is 5.25. The first-order chi connectivity index (χ1) is 10.5. The highest BCUT2D eigenvalue weighted by molar-refractivity contribution is 9.10. The van der Waals surface area contributed by atoms with Crippen LogP contribution in [0.25, 0.3) is 21.6 Å². The maximum absolute atomic E-state index is 5.37. The Morgan fingerprint density at radius 1 is 1.23 bits per heavy atom. The van der Waals surface area contributed by atoms with Crippen LogP contribution < -0.4 is 4.74 Å². The monoisotopic (exact) mass is 376 g/mol. The number of hydrogen-bond donors (Lipinski definition) is 0. The maximum Gasteiger partial charge on any atom is 0.142 e. The Kier molecular flexibility index (Phi) is 4.19. The van der Waals surface area contributed by atoms with Gasteiger partial charge in [0.25, 0.3) is 0 Å². The number of fused-ring (bicyclic) bond motifs is 1. The van der Waals surface area contributed by atoms with E-state index in [0.717, 1.165) is 37.5 Å². The third-order valence-electron chi connectivity index (χ3n) is 3.64. The van der Waals surface area contributed by atoms with Crippen molar-refractivity contribution in [2.75, 3.05) is 7.11 Å². The van der Waals surface area contributed by atoms with Crippen LogP contribution in [-0.4, -0.2) is 17.1 Å². The lowest BCUT2D eigenvalue weighted by atomic mass is 10.1. The molecule has 1 aromatic carbocycles. The molecule has 3 aromatic rings. The van der Waals surface area contributed by atoms with E-state index in [1.54, 1.807) is 18.4 Å². The van der Waals surface area contributed by atoms with Crippen LogP contribution >= 0.6 is 27.3 Å². The van der Waals surface area contributed by atoms with E-state index < -0.39 is 0 Å². The first-order valence-corrected chi connectivity index (χ1v) is 8.78. The lowest BCUT2D eigenvalue weighted by molar-refractivity contribution is 0.413. The molecular weight excluding hydrogens is 360 g/mol. The molecule has 0 saturated carbocycles. The number of ether oxygens (including phenoxy) is 1. The molecule has 0 aliphatic carbocycles. The number of thiazole rings is 1. The second kappa shape index (κ2) is 5.97. The third kappa shape index (κ3) is 2.63. The predicted molar refractivity (Wildman–Crippen MR) is 95.9 cm³/mol. The van der Waals surface area contributed by atoms with E-state index in [2.05, 4.69) is 48.1 Å². The van der Waals surface area contributed by atoms with Crippen LogP contribution in [0, 0.1) is 6.92 Å². The molecular formula is C17H17BrN2OS. The fraction of sp³-hybridized carbons (Fsp3) is 0.294. The average molecular weight is 377 g/mol. The molecule has 0 atom stereocenters. The Morgan fingerprint density at radius 2 is 2.00 bits per heavy atom. The van der Waals surface area contributed by atoms with Crippen LogP contribution in [0.4, 0.5) is 0 Å². The van der Waals surface area contributed by atoms with Gasteiger partial charge < -0.3 is 4.74 Å². The van der Waals surface area contributed by atoms with Gasteiger partial charge in [0, 0.05) is 10.8 Å². The van der Waals surface area contributed by atoms with Crippen molar-refractivity contribution in [3.63, 3.8) is 0 Å². The van der Waals surface area contributed by atoms with Gasteiger partial charge in [0.15, 0.2) is 0 Å². The summed E-state index contributed by atoms with van der Waals surface area (Å²) in [6, 6.07) is 6.11. The second-order valence-electron chi connectivity index (χ2n) is 5.53. The molecule has 0 aliphatic heterocycles. The molecule has 3 rings (SSSR count). The number of nitrogens with zero attached hydrogens (tertiary/aromatic N) is 2. The summed E-state index contributed by atoms with van der Waals surface area (Å²) in [4.78, 5) is 9.52. The van der Waals surface area contributed by atoms with Gasteiger partial charge in [-0.15, -0.1) is 11.3 Å². The van der Waals surface area contributed by atoms with E-state index in [-0.39, 0.29) is 0 Å². The second-order valence-corrected chi connectivity index (χ2v) is 7.19. The van der Waals surface area contributed by atoms with Crippen molar-refractivity contribution in [3.8, 4) is 16.5 Å². The normalized spacial score (nSPS) is 11.4. The summed E-state index contributed by atoms with van der Waals surface area (Å²) in [5.41, 5.74) is 4.13. The number of aryl methyl sites for hydroxylation is 1. The minimum atomic E-state index is 0.429. The highest BCUT2D eigenvalue weighted by Crippen LogP contribution is 2.35. The standard InChI is InChI=1S/C17H17BrN2OS/c1-9(2)13-8-22-17(20-13)12-7-10(3)11-5-6-14(21-4)15(18)16(11)19-12/h5-9H,1-4H3. The number of aromatic nitrogens is 2. The van der Waals surface area contributed by atoms with Gasteiger partial charge >= 0.3 is 0 Å². The van der Waals surface area contributed by atoms with Gasteiger partial charge in [-0.25, -0.2) is 9.97 Å². The number of pyridine rings is 1. The number of methoxy groups -OCH3 is 1. The molecule has 114 valence electrons. The highest BCUT2D eigenvalue weighted by atomic mass is 79.9. The first kappa shape index (κ1) is 15.4. The minimum absolute atomic E-state index is 0.429. The highest BCUT2D eigenvalue weighted by Gasteiger charge is 2.14. The molecule has 5 heteroatoms. The number of hydrogen-bond acceptors (Lipinski definition) is 4. The maximum atomic E-state index is 5.37. The van der Waals surface area contributed by atoms with Crippen LogP contribution in [0.3, 0.4) is 0 Å². The van der Waals surface area contributed by atoms with Gasteiger partial charge in [-0.2, -0.15) is 0 Å². The van der Waals surface area contributed by atoms with E-state index in [1.807, 2.05) is 12.1 Å². The quantitative estimate of drug-likeness (QED) is 0.599. The minimum Gasteiger partial charge on any atom is -0.495 e. The zero-order valence-corrected chi connectivity index (χ0v) is 15.4. The summed E-state index contributed by atoms with van der Waals surface area (Å²) in [5, 5.41) is 4.20. The van der Waals surface area contributed by atoms with Gasteiger partial charge in [-0.3, -0.25) is 0 Å². The van der Waals surface area contributed by atoms with E-state index in [0.29, 0.717) is 5.92 Å². The molecule has 0 unspecified atom stereocenters. The van der Waals surface area contributed by atoms with Crippen LogP contribution in [0.15, 0.2) is 28.1 Å². The summed E-state index contributed by atoms with van der Waals surface area (Å²) in [6.07, 6.45) is 0. The van der Waals surface area contributed by atoms with Crippen molar-refractivity contribution in [1.82, 2.24) is 9.97 Å². The Morgan fingerprint density at radius 3 is 2.64 bits per heavy atom. The molecule has 0 amide bonds. The molecule has 0 spiro atoms. The molecule has 3 nitrogen and oxygen atoms in total. The van der Waals surface area contributed by atoms with Crippen LogP contribution in [0.1, 0.15) is 31.0 Å². The molecule has 2 aromatic heterocycles. The fourth-order valence-electron chi connectivity index (χ4n) is 2.35. The van der Waals surface area contributed by atoms with E-state index in [1.165, 1.54) is 5.56 Å². The average Bonchev–Trinajstić information content (AvgIpc) is 2.98. The molecule has 0 N–H and O–H groups in total. The molecule has 0 aliphatic rings. The molecule has 2 heterocycles. The van der Waals surface area contributed by atoms with Crippen molar-refractivity contribution in [3.05, 3.63) is 39.3 Å². The SMILES string of the molecule is COc1ccc2c(C)cc(-c3nc(C(C)C)cs3)nc2c1Br. The van der Waals surface area contributed by atoms with E-state index >= 15 is 0 Å². The van der Waals surface area contributed by atoms with Crippen molar-refractivity contribution in [2.45, 2.75) is 26.7 Å². The lowest BCUT2D eigenvalue weighted by Crippen LogP contribution is -1.93. The van der Waals surface area contributed by atoms with Crippen molar-refractivity contribution >= 4 is 38.2 Å². The summed E-state index contributed by atoms with van der Waals surface area (Å²) in [5.74, 6) is 1.22. The number of halogens is 1. The summed E-state index contributed by atoms with van der Waals surface area (Å²) in [7, 11) is 1.67. The number of benzene rings is 1. The van der Waals surface area contributed by atoms with Gasteiger partial charge in [0.1, 0.15) is 10.8 Å². The van der Waals surface area contributed by atoms with Gasteiger partial charge in [-0.05, 0) is 52.5 Å². The van der Waals surface area contributed by atoms with Gasteiger partial charge in [0.05, 0.1) is 28.5 Å². The Balaban J connectivity index is 2.20. The zero-order chi connectivity index (χ0) is 15.9. The van der Waals surface area contributed by atoms with E-state index in [4.69, 9.17) is 14.7 Å². The predicted octanol–water partition coefficient (Wildman–Crippen LogP) is 5.56. The summed E-state index contributed by atoms with van der Waals surface area (Å²) < 4.78 is 6.26. The first-order valence-electron chi connectivity index (χ1n) is 7.11. The Bertz CT molecular complexity index is 842. The van der Waals surface area contributed by atoms with Crippen LogP contribution in [-0.2, 0) is 0 Å².